The molecule has 0 aliphatic carbocycles. The number of aromatic nitrogens is 3. The van der Waals surface area contributed by atoms with Crippen molar-refractivity contribution in [2.75, 3.05) is 13.2 Å². The van der Waals surface area contributed by atoms with Gasteiger partial charge in [-0.2, -0.15) is 5.10 Å². The SMILES string of the molecule is CCn1ncnc1CC(CO)(CO)c1cccc(C)c1. The summed E-state index contributed by atoms with van der Waals surface area (Å²) in [6.45, 7) is 4.44. The average Bonchev–Trinajstić information content (AvgIpc) is 2.92. The molecule has 0 bridgehead atoms. The minimum atomic E-state index is -0.730. The summed E-state index contributed by atoms with van der Waals surface area (Å²) in [7, 11) is 0. The Hall–Kier alpha value is -1.72. The van der Waals surface area contributed by atoms with E-state index in [0.29, 0.717) is 6.42 Å². The van der Waals surface area contributed by atoms with Crippen molar-refractivity contribution in [2.24, 2.45) is 0 Å². The molecule has 0 unspecified atom stereocenters. The summed E-state index contributed by atoms with van der Waals surface area (Å²) in [5.74, 6) is 0.775. The van der Waals surface area contributed by atoms with Crippen LogP contribution in [0.5, 0.6) is 0 Å². The first-order chi connectivity index (χ1) is 9.65. The molecule has 0 aliphatic heterocycles. The molecule has 1 aromatic heterocycles. The molecule has 20 heavy (non-hydrogen) atoms. The van der Waals surface area contributed by atoms with Gasteiger partial charge in [0.1, 0.15) is 12.2 Å². The van der Waals surface area contributed by atoms with E-state index < -0.39 is 5.41 Å². The minimum absolute atomic E-state index is 0.135. The molecule has 108 valence electrons. The van der Waals surface area contributed by atoms with Crippen LogP contribution in [0.25, 0.3) is 0 Å². The Balaban J connectivity index is 2.39. The summed E-state index contributed by atoms with van der Waals surface area (Å²) in [5.41, 5.74) is 1.30. The van der Waals surface area contributed by atoms with Crippen molar-refractivity contribution in [1.29, 1.82) is 0 Å². The van der Waals surface area contributed by atoms with Crippen molar-refractivity contribution in [3.05, 3.63) is 47.5 Å². The molecule has 0 saturated heterocycles. The Bertz CT molecular complexity index is 562. The lowest BCUT2D eigenvalue weighted by atomic mass is 9.78. The van der Waals surface area contributed by atoms with Gasteiger partial charge < -0.3 is 10.2 Å². The fourth-order valence-corrected chi connectivity index (χ4v) is 2.41. The van der Waals surface area contributed by atoms with Gasteiger partial charge in [-0.05, 0) is 19.4 Å². The van der Waals surface area contributed by atoms with Gasteiger partial charge >= 0.3 is 0 Å². The Morgan fingerprint density at radius 3 is 2.60 bits per heavy atom. The van der Waals surface area contributed by atoms with E-state index >= 15 is 0 Å². The molecule has 0 atom stereocenters. The molecule has 2 aromatic rings. The monoisotopic (exact) mass is 275 g/mol. The molecule has 0 radical (unpaired) electrons. The summed E-state index contributed by atoms with van der Waals surface area (Å²) in [5, 5.41) is 23.9. The van der Waals surface area contributed by atoms with Gasteiger partial charge in [0.15, 0.2) is 0 Å². The molecule has 0 fully saturated rings. The Kier molecular flexibility index (Phi) is 4.52. The summed E-state index contributed by atoms with van der Waals surface area (Å²) >= 11 is 0. The number of rotatable bonds is 6. The van der Waals surface area contributed by atoms with Crippen LogP contribution in [0.2, 0.25) is 0 Å². The lowest BCUT2D eigenvalue weighted by Gasteiger charge is -2.30. The number of hydrogen-bond acceptors (Lipinski definition) is 4. The van der Waals surface area contributed by atoms with Crippen LogP contribution in [0.1, 0.15) is 23.9 Å². The highest BCUT2D eigenvalue weighted by Crippen LogP contribution is 2.28. The lowest BCUT2D eigenvalue weighted by Crippen LogP contribution is -2.38. The highest BCUT2D eigenvalue weighted by Gasteiger charge is 2.33. The van der Waals surface area contributed by atoms with Crippen LogP contribution in [0, 0.1) is 6.92 Å². The van der Waals surface area contributed by atoms with E-state index in [4.69, 9.17) is 0 Å². The van der Waals surface area contributed by atoms with Crippen LogP contribution in [-0.4, -0.2) is 38.2 Å². The third kappa shape index (κ3) is 2.73. The van der Waals surface area contributed by atoms with E-state index in [1.54, 1.807) is 4.68 Å². The van der Waals surface area contributed by atoms with Crippen molar-refractivity contribution in [2.45, 2.75) is 32.2 Å². The molecule has 1 heterocycles. The molecule has 0 saturated carbocycles. The fourth-order valence-electron chi connectivity index (χ4n) is 2.41. The quantitative estimate of drug-likeness (QED) is 0.827. The van der Waals surface area contributed by atoms with E-state index in [9.17, 15) is 10.2 Å². The highest BCUT2D eigenvalue weighted by atomic mass is 16.3. The third-order valence-corrected chi connectivity index (χ3v) is 3.73. The average molecular weight is 275 g/mol. The van der Waals surface area contributed by atoms with Crippen molar-refractivity contribution in [3.63, 3.8) is 0 Å². The first-order valence-corrected chi connectivity index (χ1v) is 6.80. The maximum absolute atomic E-state index is 9.87. The molecule has 0 aliphatic rings. The third-order valence-electron chi connectivity index (χ3n) is 3.73. The Morgan fingerprint density at radius 1 is 1.25 bits per heavy atom. The van der Waals surface area contributed by atoms with Gasteiger partial charge in [-0.25, -0.2) is 4.98 Å². The summed E-state index contributed by atoms with van der Waals surface area (Å²) < 4.78 is 1.79. The zero-order valence-electron chi connectivity index (χ0n) is 12.0. The van der Waals surface area contributed by atoms with E-state index in [1.165, 1.54) is 6.33 Å². The van der Waals surface area contributed by atoms with E-state index in [0.717, 1.165) is 23.5 Å². The number of nitrogens with zero attached hydrogens (tertiary/aromatic N) is 3. The van der Waals surface area contributed by atoms with Crippen molar-refractivity contribution >= 4 is 0 Å². The normalized spacial score (nSPS) is 11.8. The van der Waals surface area contributed by atoms with E-state index in [1.807, 2.05) is 38.1 Å². The maximum Gasteiger partial charge on any atom is 0.138 e. The van der Waals surface area contributed by atoms with Crippen LogP contribution in [0.3, 0.4) is 0 Å². The van der Waals surface area contributed by atoms with Gasteiger partial charge in [0, 0.05) is 18.4 Å². The lowest BCUT2D eigenvalue weighted by molar-refractivity contribution is 0.113. The van der Waals surface area contributed by atoms with Gasteiger partial charge in [0.05, 0.1) is 13.2 Å². The van der Waals surface area contributed by atoms with Crippen molar-refractivity contribution in [3.8, 4) is 0 Å². The van der Waals surface area contributed by atoms with Crippen LogP contribution >= 0.6 is 0 Å². The smallest absolute Gasteiger partial charge is 0.138 e. The summed E-state index contributed by atoms with van der Waals surface area (Å²) in [4.78, 5) is 4.25. The number of benzene rings is 1. The second kappa shape index (κ2) is 6.15. The zero-order valence-corrected chi connectivity index (χ0v) is 12.0. The predicted molar refractivity (Wildman–Crippen MR) is 76.4 cm³/mol. The zero-order chi connectivity index (χ0) is 14.6. The molecule has 1 aromatic carbocycles. The minimum Gasteiger partial charge on any atom is -0.395 e. The Morgan fingerprint density at radius 2 is 2.00 bits per heavy atom. The van der Waals surface area contributed by atoms with Gasteiger partial charge in [-0.1, -0.05) is 29.8 Å². The Labute approximate surface area is 118 Å². The summed E-state index contributed by atoms with van der Waals surface area (Å²) in [6.07, 6.45) is 1.96. The standard InChI is InChI=1S/C15H21N3O2/c1-3-18-14(16-11-17-18)8-15(9-19,10-20)13-6-4-5-12(2)7-13/h4-7,11,19-20H,3,8-10H2,1-2H3. The number of aryl methyl sites for hydroxylation is 2. The van der Waals surface area contributed by atoms with E-state index in [-0.39, 0.29) is 13.2 Å². The molecular formula is C15H21N3O2. The molecule has 0 spiro atoms. The fraction of sp³-hybridized carbons (Fsp3) is 0.467. The second-order valence-corrected chi connectivity index (χ2v) is 5.13. The van der Waals surface area contributed by atoms with Gasteiger partial charge in [0.25, 0.3) is 0 Å². The second-order valence-electron chi connectivity index (χ2n) is 5.13. The molecule has 0 amide bonds. The van der Waals surface area contributed by atoms with Crippen molar-refractivity contribution < 1.29 is 10.2 Å². The molecular weight excluding hydrogens is 254 g/mol. The largest absolute Gasteiger partial charge is 0.395 e. The molecule has 5 heteroatoms. The number of aliphatic hydroxyl groups excluding tert-OH is 2. The summed E-state index contributed by atoms with van der Waals surface area (Å²) in [6, 6.07) is 7.87. The van der Waals surface area contributed by atoms with Crippen molar-refractivity contribution in [1.82, 2.24) is 14.8 Å². The number of hydrogen-bond donors (Lipinski definition) is 2. The molecule has 5 nitrogen and oxygen atoms in total. The molecule has 2 N–H and O–H groups in total. The van der Waals surface area contributed by atoms with Crippen LogP contribution in [-0.2, 0) is 18.4 Å². The van der Waals surface area contributed by atoms with Crippen LogP contribution < -0.4 is 0 Å². The first-order valence-electron chi connectivity index (χ1n) is 6.80. The first kappa shape index (κ1) is 14.7. The number of aliphatic hydroxyl groups is 2. The van der Waals surface area contributed by atoms with Gasteiger partial charge in [-0.3, -0.25) is 4.68 Å². The van der Waals surface area contributed by atoms with Gasteiger partial charge in [-0.15, -0.1) is 0 Å². The highest BCUT2D eigenvalue weighted by molar-refractivity contribution is 5.31. The van der Waals surface area contributed by atoms with Crippen LogP contribution in [0.4, 0.5) is 0 Å². The predicted octanol–water partition coefficient (Wildman–Crippen LogP) is 1.07. The topological polar surface area (TPSA) is 71.2 Å². The van der Waals surface area contributed by atoms with Crippen LogP contribution in [0.15, 0.2) is 30.6 Å². The van der Waals surface area contributed by atoms with E-state index in [2.05, 4.69) is 10.1 Å². The van der Waals surface area contributed by atoms with Gasteiger partial charge in [0.2, 0.25) is 0 Å². The maximum atomic E-state index is 9.87. The molecule has 2 rings (SSSR count).